The van der Waals surface area contributed by atoms with Crippen LogP contribution in [-0.2, 0) is 11.2 Å². The minimum atomic E-state index is 0.140. The molecule has 1 aromatic rings. The Kier molecular flexibility index (Phi) is 7.66. The van der Waals surface area contributed by atoms with Crippen LogP contribution in [0.4, 0.5) is 0 Å². The summed E-state index contributed by atoms with van der Waals surface area (Å²) in [6, 6.07) is 8.05. The Morgan fingerprint density at radius 1 is 1.26 bits per heavy atom. The molecule has 0 aromatic heterocycles. The molecule has 0 aliphatic heterocycles. The smallest absolute Gasteiger partial charge is 0.220 e. The molecule has 0 spiro atoms. The van der Waals surface area contributed by atoms with Gasteiger partial charge in [0, 0.05) is 13.0 Å². The highest BCUT2D eigenvalue weighted by Gasteiger charge is 2.00. The summed E-state index contributed by atoms with van der Waals surface area (Å²) in [4.78, 5) is 11.5. The van der Waals surface area contributed by atoms with E-state index in [-0.39, 0.29) is 5.91 Å². The van der Waals surface area contributed by atoms with Crippen LogP contribution >= 0.6 is 0 Å². The van der Waals surface area contributed by atoms with Gasteiger partial charge in [-0.2, -0.15) is 0 Å². The Balaban J connectivity index is 2.14. The van der Waals surface area contributed by atoms with E-state index in [0.29, 0.717) is 6.42 Å². The summed E-state index contributed by atoms with van der Waals surface area (Å²) < 4.78 is 5.18. The molecule has 0 saturated carbocycles. The van der Waals surface area contributed by atoms with Crippen molar-refractivity contribution in [1.29, 1.82) is 0 Å². The van der Waals surface area contributed by atoms with Gasteiger partial charge in [0.1, 0.15) is 5.75 Å². The molecular weight excluding hydrogens is 240 g/mol. The maximum Gasteiger partial charge on any atom is 0.220 e. The summed E-state index contributed by atoms with van der Waals surface area (Å²) in [7, 11) is 3.57. The monoisotopic (exact) mass is 264 g/mol. The highest BCUT2D eigenvalue weighted by Crippen LogP contribution is 2.13. The molecule has 4 nitrogen and oxygen atoms in total. The first kappa shape index (κ1) is 15.5. The van der Waals surface area contributed by atoms with Crippen molar-refractivity contribution < 1.29 is 9.53 Å². The van der Waals surface area contributed by atoms with Gasteiger partial charge in [0.25, 0.3) is 0 Å². The first-order chi connectivity index (χ1) is 9.26. The summed E-state index contributed by atoms with van der Waals surface area (Å²) in [6.45, 7) is 1.62. The number of carbonyl (C=O) groups is 1. The third-order valence-electron chi connectivity index (χ3n) is 2.93. The van der Waals surface area contributed by atoms with Gasteiger partial charge in [-0.3, -0.25) is 4.79 Å². The van der Waals surface area contributed by atoms with E-state index in [2.05, 4.69) is 16.7 Å². The normalized spacial score (nSPS) is 10.2. The minimum absolute atomic E-state index is 0.140. The number of amides is 1. The van der Waals surface area contributed by atoms with E-state index in [1.54, 1.807) is 7.11 Å². The number of hydrogen-bond acceptors (Lipinski definition) is 3. The van der Waals surface area contributed by atoms with Gasteiger partial charge in [-0.1, -0.05) is 12.1 Å². The van der Waals surface area contributed by atoms with Gasteiger partial charge in [0.15, 0.2) is 0 Å². The second kappa shape index (κ2) is 9.39. The first-order valence-electron chi connectivity index (χ1n) is 6.80. The molecule has 2 N–H and O–H groups in total. The largest absolute Gasteiger partial charge is 0.497 e. The fourth-order valence-corrected chi connectivity index (χ4v) is 1.86. The maximum atomic E-state index is 11.5. The van der Waals surface area contributed by atoms with Crippen molar-refractivity contribution in [3.63, 3.8) is 0 Å². The lowest BCUT2D eigenvalue weighted by atomic mass is 10.1. The Bertz CT molecular complexity index is 380. The van der Waals surface area contributed by atoms with Crippen molar-refractivity contribution in [2.75, 3.05) is 27.2 Å². The van der Waals surface area contributed by atoms with Gasteiger partial charge >= 0.3 is 0 Å². The molecule has 0 aliphatic rings. The minimum Gasteiger partial charge on any atom is -0.497 e. The molecule has 0 saturated heterocycles. The van der Waals surface area contributed by atoms with Gasteiger partial charge in [0.05, 0.1) is 7.11 Å². The van der Waals surface area contributed by atoms with Crippen LogP contribution in [-0.4, -0.2) is 33.2 Å². The number of carbonyl (C=O) groups excluding carboxylic acids is 1. The summed E-state index contributed by atoms with van der Waals surface area (Å²) in [5.41, 5.74) is 1.24. The number of ether oxygens (including phenoxy) is 1. The number of nitrogens with one attached hydrogen (secondary N) is 2. The number of aryl methyl sites for hydroxylation is 1. The van der Waals surface area contributed by atoms with Gasteiger partial charge in [0.2, 0.25) is 5.91 Å². The predicted molar refractivity (Wildman–Crippen MR) is 77.5 cm³/mol. The molecule has 0 fully saturated rings. The van der Waals surface area contributed by atoms with Crippen LogP contribution in [0.25, 0.3) is 0 Å². The number of benzene rings is 1. The van der Waals surface area contributed by atoms with Crippen molar-refractivity contribution in [1.82, 2.24) is 10.6 Å². The van der Waals surface area contributed by atoms with Crippen molar-refractivity contribution in [3.05, 3.63) is 29.8 Å². The van der Waals surface area contributed by atoms with Crippen LogP contribution in [0.5, 0.6) is 5.75 Å². The lowest BCUT2D eigenvalue weighted by molar-refractivity contribution is -0.121. The first-order valence-corrected chi connectivity index (χ1v) is 6.80. The SMILES string of the molecule is CNCCCC(=O)NCCCc1cccc(OC)c1. The van der Waals surface area contributed by atoms with Crippen molar-refractivity contribution >= 4 is 5.91 Å². The summed E-state index contributed by atoms with van der Waals surface area (Å²) in [6.07, 6.45) is 3.39. The average molecular weight is 264 g/mol. The summed E-state index contributed by atoms with van der Waals surface area (Å²) in [5, 5.41) is 5.97. The Hall–Kier alpha value is -1.55. The number of methoxy groups -OCH3 is 1. The zero-order chi connectivity index (χ0) is 13.9. The second-order valence-electron chi connectivity index (χ2n) is 4.51. The molecule has 19 heavy (non-hydrogen) atoms. The molecule has 0 heterocycles. The second-order valence-corrected chi connectivity index (χ2v) is 4.51. The lowest BCUT2D eigenvalue weighted by Crippen LogP contribution is -2.25. The van der Waals surface area contributed by atoms with E-state index in [4.69, 9.17) is 4.74 Å². The highest BCUT2D eigenvalue weighted by atomic mass is 16.5. The van der Waals surface area contributed by atoms with Crippen LogP contribution in [0.15, 0.2) is 24.3 Å². The predicted octanol–water partition coefficient (Wildman–Crippen LogP) is 1.74. The Morgan fingerprint density at radius 3 is 2.84 bits per heavy atom. The molecule has 0 atom stereocenters. The molecule has 0 aliphatic carbocycles. The quantitative estimate of drug-likeness (QED) is 0.668. The molecule has 106 valence electrons. The molecule has 0 radical (unpaired) electrons. The average Bonchev–Trinajstić information content (AvgIpc) is 2.44. The Morgan fingerprint density at radius 2 is 2.11 bits per heavy atom. The van der Waals surface area contributed by atoms with Crippen molar-refractivity contribution in [2.45, 2.75) is 25.7 Å². The fraction of sp³-hybridized carbons (Fsp3) is 0.533. The molecule has 1 amide bonds. The van der Waals surface area contributed by atoms with E-state index in [1.807, 2.05) is 25.2 Å². The molecule has 1 rings (SSSR count). The van der Waals surface area contributed by atoms with Gasteiger partial charge in [-0.15, -0.1) is 0 Å². The van der Waals surface area contributed by atoms with Crippen molar-refractivity contribution in [2.24, 2.45) is 0 Å². The standard InChI is InChI=1S/C15H24N2O2/c1-16-10-5-9-15(18)17-11-4-7-13-6-3-8-14(12-13)19-2/h3,6,8,12,16H,4-5,7,9-11H2,1-2H3,(H,17,18). The molecule has 4 heteroatoms. The third-order valence-corrected chi connectivity index (χ3v) is 2.93. The number of hydrogen-bond donors (Lipinski definition) is 2. The van der Waals surface area contributed by atoms with Crippen molar-refractivity contribution in [3.8, 4) is 5.75 Å². The van der Waals surface area contributed by atoms with Crippen LogP contribution in [0.3, 0.4) is 0 Å². The van der Waals surface area contributed by atoms with E-state index < -0.39 is 0 Å². The van der Waals surface area contributed by atoms with Crippen LogP contribution in [0, 0.1) is 0 Å². The van der Waals surface area contributed by atoms with Crippen LogP contribution < -0.4 is 15.4 Å². The molecular formula is C15H24N2O2. The van der Waals surface area contributed by atoms with E-state index in [0.717, 1.165) is 38.1 Å². The van der Waals surface area contributed by atoms with Crippen LogP contribution in [0.2, 0.25) is 0 Å². The van der Waals surface area contributed by atoms with E-state index in [9.17, 15) is 4.79 Å². The van der Waals surface area contributed by atoms with Gasteiger partial charge in [-0.05, 0) is 50.6 Å². The molecule has 1 aromatic carbocycles. The van der Waals surface area contributed by atoms with Gasteiger partial charge < -0.3 is 15.4 Å². The fourth-order valence-electron chi connectivity index (χ4n) is 1.86. The summed E-state index contributed by atoms with van der Waals surface area (Å²) in [5.74, 6) is 1.02. The third kappa shape index (κ3) is 6.82. The lowest BCUT2D eigenvalue weighted by Gasteiger charge is -2.06. The zero-order valence-corrected chi connectivity index (χ0v) is 11.9. The van der Waals surface area contributed by atoms with E-state index >= 15 is 0 Å². The maximum absolute atomic E-state index is 11.5. The van der Waals surface area contributed by atoms with E-state index in [1.165, 1.54) is 5.56 Å². The summed E-state index contributed by atoms with van der Waals surface area (Å²) >= 11 is 0. The molecule has 0 unspecified atom stereocenters. The highest BCUT2D eigenvalue weighted by molar-refractivity contribution is 5.75. The Labute approximate surface area is 115 Å². The number of rotatable bonds is 9. The topological polar surface area (TPSA) is 50.4 Å². The molecule has 0 bridgehead atoms. The van der Waals surface area contributed by atoms with Gasteiger partial charge in [-0.25, -0.2) is 0 Å². The zero-order valence-electron chi connectivity index (χ0n) is 11.9. The van der Waals surface area contributed by atoms with Crippen LogP contribution in [0.1, 0.15) is 24.8 Å².